The summed E-state index contributed by atoms with van der Waals surface area (Å²) >= 11 is 0. The smallest absolute Gasteiger partial charge is 0.0869 e. The molecule has 0 unspecified atom stereocenters. The highest BCUT2D eigenvalue weighted by atomic mass is 16.3. The summed E-state index contributed by atoms with van der Waals surface area (Å²) in [6.07, 6.45) is 2.97. The van der Waals surface area contributed by atoms with Crippen molar-refractivity contribution < 1.29 is 5.11 Å². The molecule has 0 bridgehead atoms. The lowest BCUT2D eigenvalue weighted by Gasteiger charge is -2.07. The third-order valence-electron chi connectivity index (χ3n) is 0.928. The maximum Gasteiger partial charge on any atom is 0.0869 e. The van der Waals surface area contributed by atoms with Gasteiger partial charge in [-0.1, -0.05) is 12.2 Å². The molecule has 2 atom stereocenters. The van der Waals surface area contributed by atoms with Gasteiger partial charge in [-0.05, 0) is 13.8 Å². The first-order chi connectivity index (χ1) is 3.68. The van der Waals surface area contributed by atoms with Crippen molar-refractivity contribution in [3.05, 3.63) is 12.2 Å². The Bertz CT molecular complexity index is 78.6. The number of hydrogen-bond donors (Lipinski definition) is 2. The van der Waals surface area contributed by atoms with E-state index in [2.05, 4.69) is 0 Å². The van der Waals surface area contributed by atoms with Crippen molar-refractivity contribution >= 4 is 0 Å². The number of nitrogens with two attached hydrogens (primary N) is 1. The zero-order valence-corrected chi connectivity index (χ0v) is 5.33. The fourth-order valence-electron chi connectivity index (χ4n) is 0.372. The minimum atomic E-state index is -0.486. The summed E-state index contributed by atoms with van der Waals surface area (Å²) in [4.78, 5) is 0. The van der Waals surface area contributed by atoms with Crippen molar-refractivity contribution in [1.29, 1.82) is 0 Å². The van der Waals surface area contributed by atoms with Gasteiger partial charge in [-0.25, -0.2) is 0 Å². The van der Waals surface area contributed by atoms with Crippen LogP contribution < -0.4 is 5.73 Å². The summed E-state index contributed by atoms with van der Waals surface area (Å²) in [5.74, 6) is 0. The Kier molecular flexibility index (Phi) is 3.48. The Hall–Kier alpha value is -0.340. The maximum absolute atomic E-state index is 8.91. The number of allylic oxidation sites excluding steroid dienone is 1. The standard InChI is InChI=1S/C6H13NO/c1-3-4-6(8)5(2)7/h3-6,8H,7H2,1-2H3/b4-3+/t5-,6-/m1/s1. The van der Waals surface area contributed by atoms with Gasteiger partial charge in [0.1, 0.15) is 0 Å². The Balaban J connectivity index is 3.47. The van der Waals surface area contributed by atoms with Crippen LogP contribution in [0.15, 0.2) is 12.2 Å². The van der Waals surface area contributed by atoms with Crippen LogP contribution in [0.2, 0.25) is 0 Å². The molecule has 0 rings (SSSR count). The molecule has 0 aliphatic heterocycles. The molecule has 0 radical (unpaired) electrons. The Labute approximate surface area is 50.0 Å². The van der Waals surface area contributed by atoms with E-state index in [-0.39, 0.29) is 6.04 Å². The summed E-state index contributed by atoms with van der Waals surface area (Å²) < 4.78 is 0. The molecule has 0 fully saturated rings. The van der Waals surface area contributed by atoms with E-state index < -0.39 is 6.10 Å². The Morgan fingerprint density at radius 3 is 2.25 bits per heavy atom. The van der Waals surface area contributed by atoms with Crippen LogP contribution in [0.3, 0.4) is 0 Å². The predicted molar refractivity (Wildman–Crippen MR) is 34.5 cm³/mol. The van der Waals surface area contributed by atoms with Gasteiger partial charge in [-0.3, -0.25) is 0 Å². The summed E-state index contributed by atoms with van der Waals surface area (Å²) in [6, 6.07) is -0.161. The molecule has 0 heterocycles. The van der Waals surface area contributed by atoms with Gasteiger partial charge >= 0.3 is 0 Å². The van der Waals surface area contributed by atoms with E-state index >= 15 is 0 Å². The second-order valence-electron chi connectivity index (χ2n) is 1.88. The molecule has 0 aliphatic rings. The van der Waals surface area contributed by atoms with Crippen LogP contribution in [0.4, 0.5) is 0 Å². The van der Waals surface area contributed by atoms with E-state index in [4.69, 9.17) is 10.8 Å². The molecule has 2 nitrogen and oxygen atoms in total. The van der Waals surface area contributed by atoms with Gasteiger partial charge in [-0.2, -0.15) is 0 Å². The van der Waals surface area contributed by atoms with Crippen molar-refractivity contribution in [1.82, 2.24) is 0 Å². The SMILES string of the molecule is C/C=C/[C@@H](O)[C@@H](C)N. The predicted octanol–water partition coefficient (Wildman–Crippen LogP) is 0.271. The normalized spacial score (nSPS) is 19.0. The van der Waals surface area contributed by atoms with Crippen molar-refractivity contribution in [2.75, 3.05) is 0 Å². The minimum Gasteiger partial charge on any atom is -0.387 e. The molecule has 0 saturated carbocycles. The first-order valence-electron chi connectivity index (χ1n) is 2.75. The van der Waals surface area contributed by atoms with E-state index in [1.807, 2.05) is 6.92 Å². The van der Waals surface area contributed by atoms with E-state index in [9.17, 15) is 0 Å². The molecule has 0 saturated heterocycles. The molecular weight excluding hydrogens is 102 g/mol. The zero-order chi connectivity index (χ0) is 6.57. The highest BCUT2D eigenvalue weighted by Gasteiger charge is 2.01. The molecule has 0 aromatic heterocycles. The summed E-state index contributed by atoms with van der Waals surface area (Å²) in [5.41, 5.74) is 5.32. The van der Waals surface area contributed by atoms with Gasteiger partial charge in [0.15, 0.2) is 0 Å². The summed E-state index contributed by atoms with van der Waals surface area (Å²) in [5, 5.41) is 8.91. The molecule has 48 valence electrons. The van der Waals surface area contributed by atoms with Crippen LogP contribution in [0.5, 0.6) is 0 Å². The van der Waals surface area contributed by atoms with Gasteiger partial charge < -0.3 is 10.8 Å². The van der Waals surface area contributed by atoms with Gasteiger partial charge in [-0.15, -0.1) is 0 Å². The minimum absolute atomic E-state index is 0.161. The van der Waals surface area contributed by atoms with Crippen LogP contribution >= 0.6 is 0 Å². The lowest BCUT2D eigenvalue weighted by molar-refractivity contribution is 0.198. The zero-order valence-electron chi connectivity index (χ0n) is 5.33. The second kappa shape index (κ2) is 3.64. The van der Waals surface area contributed by atoms with Crippen molar-refractivity contribution in [3.8, 4) is 0 Å². The molecule has 2 heteroatoms. The van der Waals surface area contributed by atoms with Crippen LogP contribution in [-0.2, 0) is 0 Å². The summed E-state index contributed by atoms with van der Waals surface area (Å²) in [7, 11) is 0. The number of rotatable bonds is 2. The average Bonchev–Trinajstić information content (AvgIpc) is 1.67. The van der Waals surface area contributed by atoms with Crippen LogP contribution in [0.1, 0.15) is 13.8 Å². The molecular formula is C6H13NO. The van der Waals surface area contributed by atoms with Gasteiger partial charge in [0.2, 0.25) is 0 Å². The fraction of sp³-hybridized carbons (Fsp3) is 0.667. The third-order valence-corrected chi connectivity index (χ3v) is 0.928. The molecule has 8 heavy (non-hydrogen) atoms. The highest BCUT2D eigenvalue weighted by molar-refractivity contribution is 4.89. The second-order valence-corrected chi connectivity index (χ2v) is 1.88. The number of aliphatic hydroxyl groups excluding tert-OH is 1. The number of hydrogen-bond acceptors (Lipinski definition) is 2. The van der Waals surface area contributed by atoms with E-state index in [1.165, 1.54) is 0 Å². The van der Waals surface area contributed by atoms with E-state index in [0.717, 1.165) is 0 Å². The molecule has 0 aromatic carbocycles. The van der Waals surface area contributed by atoms with Crippen LogP contribution in [-0.4, -0.2) is 17.3 Å². The van der Waals surface area contributed by atoms with Gasteiger partial charge in [0.05, 0.1) is 6.10 Å². The molecule has 0 spiro atoms. The van der Waals surface area contributed by atoms with Crippen LogP contribution in [0.25, 0.3) is 0 Å². The topological polar surface area (TPSA) is 46.2 Å². The molecule has 0 amide bonds. The van der Waals surface area contributed by atoms with E-state index in [1.54, 1.807) is 19.1 Å². The largest absolute Gasteiger partial charge is 0.387 e. The van der Waals surface area contributed by atoms with E-state index in [0.29, 0.717) is 0 Å². The monoisotopic (exact) mass is 115 g/mol. The van der Waals surface area contributed by atoms with Crippen molar-refractivity contribution in [3.63, 3.8) is 0 Å². The van der Waals surface area contributed by atoms with Crippen LogP contribution in [0, 0.1) is 0 Å². The molecule has 3 N–H and O–H groups in total. The van der Waals surface area contributed by atoms with Crippen molar-refractivity contribution in [2.24, 2.45) is 5.73 Å². The lowest BCUT2D eigenvalue weighted by atomic mass is 10.2. The highest BCUT2D eigenvalue weighted by Crippen LogP contribution is 1.89. The third kappa shape index (κ3) is 2.77. The quantitative estimate of drug-likeness (QED) is 0.507. The maximum atomic E-state index is 8.91. The van der Waals surface area contributed by atoms with Crippen molar-refractivity contribution in [2.45, 2.75) is 26.0 Å². The van der Waals surface area contributed by atoms with Gasteiger partial charge in [0.25, 0.3) is 0 Å². The lowest BCUT2D eigenvalue weighted by Crippen LogP contribution is -2.29. The number of aliphatic hydroxyl groups is 1. The molecule has 0 aliphatic carbocycles. The first kappa shape index (κ1) is 7.66. The fourth-order valence-corrected chi connectivity index (χ4v) is 0.372. The Morgan fingerprint density at radius 2 is 2.12 bits per heavy atom. The summed E-state index contributed by atoms with van der Waals surface area (Å²) in [6.45, 7) is 3.62. The molecule has 0 aromatic rings. The Morgan fingerprint density at radius 1 is 1.62 bits per heavy atom. The first-order valence-corrected chi connectivity index (χ1v) is 2.75. The average molecular weight is 115 g/mol. The van der Waals surface area contributed by atoms with Gasteiger partial charge in [0, 0.05) is 6.04 Å².